The van der Waals surface area contributed by atoms with Gasteiger partial charge in [-0.1, -0.05) is 6.07 Å². The molecule has 0 aromatic heterocycles. The second-order valence-electron chi connectivity index (χ2n) is 7.47. The quantitative estimate of drug-likeness (QED) is 0.251. The maximum atomic E-state index is 13.9. The third kappa shape index (κ3) is 6.98. The number of hydrogen-bond donors (Lipinski definition) is 1. The lowest BCUT2D eigenvalue weighted by atomic mass is 10.1. The van der Waals surface area contributed by atoms with E-state index >= 15 is 0 Å². The van der Waals surface area contributed by atoms with Crippen LogP contribution in [0.25, 0.3) is 6.08 Å². The molecule has 0 saturated carbocycles. The van der Waals surface area contributed by atoms with E-state index in [0.717, 1.165) is 20.2 Å². The summed E-state index contributed by atoms with van der Waals surface area (Å²) in [4.78, 5) is 12.3. The van der Waals surface area contributed by atoms with Gasteiger partial charge in [0.2, 0.25) is 10.0 Å². The second kappa shape index (κ2) is 11.9. The van der Waals surface area contributed by atoms with Gasteiger partial charge in [0.1, 0.15) is 17.2 Å². The predicted octanol–water partition coefficient (Wildman–Crippen LogP) is 2.87. The van der Waals surface area contributed by atoms with Crippen molar-refractivity contribution < 1.29 is 45.7 Å². The summed E-state index contributed by atoms with van der Waals surface area (Å²) in [6.07, 6.45) is 2.63. The van der Waals surface area contributed by atoms with E-state index in [1.807, 2.05) is 0 Å². The molecule has 0 aliphatic rings. The molecule has 0 saturated heterocycles. The van der Waals surface area contributed by atoms with Gasteiger partial charge in [-0.05, 0) is 37.9 Å². The normalized spacial score (nSPS) is 11.9. The molecule has 1 N–H and O–H groups in total. The summed E-state index contributed by atoms with van der Waals surface area (Å²) in [5.74, 6) is -1.50. The van der Waals surface area contributed by atoms with Crippen molar-refractivity contribution in [3.8, 4) is 28.7 Å². The smallest absolute Gasteiger partial charge is 0.402 e. The number of benzene rings is 2. The first-order valence-corrected chi connectivity index (χ1v) is 11.9. The number of methoxy groups -OCH3 is 4. The number of hydrogen-bond acceptors (Lipinski definition) is 9. The standard InChI is InChI=1S/C23H28F2N2O8S/c1-27(2)23(24,25)22(28)35-21-11-15(7-8-18(21)32-4)14-36(29,30)26-10-9-17-19(33-5)12-16(31-3)13-20(17)34-6/h7-13,26H,14H2,1-6H3/b10-9+. The summed E-state index contributed by atoms with van der Waals surface area (Å²) in [5, 5.41) is 0. The molecule has 0 heterocycles. The van der Waals surface area contributed by atoms with E-state index in [1.165, 1.54) is 52.8 Å². The summed E-state index contributed by atoms with van der Waals surface area (Å²) in [6, 6.07) is 3.17. The van der Waals surface area contributed by atoms with Crippen molar-refractivity contribution in [1.29, 1.82) is 0 Å². The van der Waals surface area contributed by atoms with Crippen LogP contribution in [0, 0.1) is 0 Å². The molecule has 0 unspecified atom stereocenters. The Labute approximate surface area is 208 Å². The molecule has 0 bridgehead atoms. The fourth-order valence-corrected chi connectivity index (χ4v) is 3.89. The molecule has 2 rings (SSSR count). The summed E-state index contributed by atoms with van der Waals surface area (Å²) in [6.45, 7) is 0. The molecule has 36 heavy (non-hydrogen) atoms. The number of ether oxygens (including phenoxy) is 5. The van der Waals surface area contributed by atoms with Crippen molar-refractivity contribution in [2.45, 2.75) is 11.8 Å². The van der Waals surface area contributed by atoms with Crippen LogP contribution in [0.15, 0.2) is 36.5 Å². The van der Waals surface area contributed by atoms with Crippen LogP contribution < -0.4 is 28.4 Å². The fraction of sp³-hybridized carbons (Fsp3) is 0.348. The molecule has 0 amide bonds. The van der Waals surface area contributed by atoms with Crippen molar-refractivity contribution >= 4 is 22.1 Å². The van der Waals surface area contributed by atoms with Gasteiger partial charge in [-0.15, -0.1) is 0 Å². The van der Waals surface area contributed by atoms with Crippen LogP contribution in [0.1, 0.15) is 11.1 Å². The van der Waals surface area contributed by atoms with Gasteiger partial charge in [0.05, 0.1) is 39.8 Å². The number of likely N-dealkylation sites (N-methyl/N-ethyl adjacent to an activating group) is 1. The van der Waals surface area contributed by atoms with Crippen LogP contribution >= 0.6 is 0 Å². The molecule has 2 aromatic carbocycles. The highest BCUT2D eigenvalue weighted by Crippen LogP contribution is 2.35. The molecule has 0 fully saturated rings. The molecule has 0 aliphatic carbocycles. The number of esters is 1. The summed E-state index contributed by atoms with van der Waals surface area (Å²) < 4.78 is 81.1. The van der Waals surface area contributed by atoms with Gasteiger partial charge in [-0.3, -0.25) is 4.72 Å². The Morgan fingerprint density at radius 3 is 2.03 bits per heavy atom. The highest BCUT2D eigenvalue weighted by Gasteiger charge is 2.44. The van der Waals surface area contributed by atoms with E-state index in [1.54, 1.807) is 12.1 Å². The number of carbonyl (C=O) groups is 1. The summed E-state index contributed by atoms with van der Waals surface area (Å²) in [7, 11) is 3.70. The molecule has 2 aromatic rings. The minimum Gasteiger partial charge on any atom is -0.496 e. The Morgan fingerprint density at radius 2 is 1.53 bits per heavy atom. The summed E-state index contributed by atoms with van der Waals surface area (Å²) in [5.41, 5.74) is 0.622. The minimum absolute atomic E-state index is 0.0226. The van der Waals surface area contributed by atoms with Gasteiger partial charge in [0.25, 0.3) is 0 Å². The minimum atomic E-state index is -3.94. The Balaban J connectivity index is 2.23. The van der Waals surface area contributed by atoms with Crippen LogP contribution in [0.4, 0.5) is 8.78 Å². The Kier molecular flexibility index (Phi) is 9.48. The molecule has 0 atom stereocenters. The SMILES string of the molecule is COc1cc(OC)c(/C=C/NS(=O)(=O)Cc2ccc(OC)c(OC(=O)C(F)(F)N(C)C)c2)c(OC)c1. The molecule has 0 aliphatic heterocycles. The number of carbonyl (C=O) groups excluding carboxylic acids is 1. The number of nitrogens with zero attached hydrogens (tertiary/aromatic N) is 1. The van der Waals surface area contributed by atoms with E-state index < -0.39 is 27.8 Å². The van der Waals surface area contributed by atoms with Crippen molar-refractivity contribution in [3.05, 3.63) is 47.7 Å². The van der Waals surface area contributed by atoms with E-state index in [9.17, 15) is 22.0 Å². The van der Waals surface area contributed by atoms with Crippen molar-refractivity contribution in [1.82, 2.24) is 9.62 Å². The van der Waals surface area contributed by atoms with Crippen molar-refractivity contribution in [2.75, 3.05) is 42.5 Å². The zero-order valence-corrected chi connectivity index (χ0v) is 21.4. The maximum Gasteiger partial charge on any atom is 0.402 e. The first-order chi connectivity index (χ1) is 16.9. The van der Waals surface area contributed by atoms with Gasteiger partial charge >= 0.3 is 12.0 Å². The number of rotatable bonds is 12. The average Bonchev–Trinajstić information content (AvgIpc) is 2.83. The zero-order chi connectivity index (χ0) is 27.1. The molecular formula is C23H28F2N2O8S. The third-order valence-electron chi connectivity index (χ3n) is 4.85. The predicted molar refractivity (Wildman–Crippen MR) is 128 cm³/mol. The van der Waals surface area contributed by atoms with Gasteiger partial charge in [-0.2, -0.15) is 8.78 Å². The monoisotopic (exact) mass is 530 g/mol. The van der Waals surface area contributed by atoms with Crippen LogP contribution in [0.5, 0.6) is 28.7 Å². The largest absolute Gasteiger partial charge is 0.496 e. The number of halogens is 2. The van der Waals surface area contributed by atoms with Gasteiger partial charge in [0, 0.05) is 18.3 Å². The van der Waals surface area contributed by atoms with Gasteiger partial charge < -0.3 is 23.7 Å². The molecule has 13 heteroatoms. The van der Waals surface area contributed by atoms with Crippen LogP contribution in [0.3, 0.4) is 0 Å². The van der Waals surface area contributed by atoms with E-state index in [0.29, 0.717) is 27.7 Å². The van der Waals surface area contributed by atoms with Crippen LogP contribution in [0.2, 0.25) is 0 Å². The second-order valence-corrected chi connectivity index (χ2v) is 9.22. The zero-order valence-electron chi connectivity index (χ0n) is 20.6. The maximum absolute atomic E-state index is 13.9. The number of sulfonamides is 1. The van der Waals surface area contributed by atoms with Crippen molar-refractivity contribution in [2.24, 2.45) is 0 Å². The molecular weight excluding hydrogens is 502 g/mol. The highest BCUT2D eigenvalue weighted by atomic mass is 32.2. The van der Waals surface area contributed by atoms with E-state index in [-0.39, 0.29) is 17.1 Å². The lowest BCUT2D eigenvalue weighted by Crippen LogP contribution is -2.45. The molecule has 10 nitrogen and oxygen atoms in total. The molecule has 0 radical (unpaired) electrons. The number of alkyl halides is 2. The van der Waals surface area contributed by atoms with E-state index in [2.05, 4.69) is 4.72 Å². The van der Waals surface area contributed by atoms with Crippen LogP contribution in [-0.2, 0) is 20.6 Å². The molecule has 198 valence electrons. The Bertz CT molecular complexity index is 1190. The van der Waals surface area contributed by atoms with Gasteiger partial charge in [0.15, 0.2) is 11.5 Å². The molecule has 0 spiro atoms. The Hall–Kier alpha value is -3.58. The third-order valence-corrected chi connectivity index (χ3v) is 6.05. The summed E-state index contributed by atoms with van der Waals surface area (Å²) >= 11 is 0. The fourth-order valence-electron chi connectivity index (χ4n) is 2.91. The number of nitrogens with one attached hydrogen (secondary N) is 1. The Morgan fingerprint density at radius 1 is 0.944 bits per heavy atom. The lowest BCUT2D eigenvalue weighted by Gasteiger charge is -2.21. The van der Waals surface area contributed by atoms with Gasteiger partial charge in [-0.25, -0.2) is 18.1 Å². The lowest BCUT2D eigenvalue weighted by molar-refractivity contribution is -0.186. The van der Waals surface area contributed by atoms with Crippen LogP contribution in [-0.4, -0.2) is 67.9 Å². The highest BCUT2D eigenvalue weighted by molar-refractivity contribution is 7.88. The topological polar surface area (TPSA) is 113 Å². The van der Waals surface area contributed by atoms with Crippen molar-refractivity contribution in [3.63, 3.8) is 0 Å². The average molecular weight is 531 g/mol. The first-order valence-electron chi connectivity index (χ1n) is 10.3. The van der Waals surface area contributed by atoms with E-state index in [4.69, 9.17) is 23.7 Å². The first kappa shape index (κ1) is 28.7.